The summed E-state index contributed by atoms with van der Waals surface area (Å²) in [5, 5.41) is 2.78. The quantitative estimate of drug-likeness (QED) is 0.696. The van der Waals surface area contributed by atoms with Crippen LogP contribution in [0.3, 0.4) is 0 Å². The maximum atomic E-state index is 12.3. The van der Waals surface area contributed by atoms with Crippen LogP contribution in [-0.4, -0.2) is 49.6 Å². The van der Waals surface area contributed by atoms with Crippen molar-refractivity contribution in [1.82, 2.24) is 10.2 Å². The average molecular weight is 348 g/mol. The highest BCUT2D eigenvalue weighted by Crippen LogP contribution is 2.28. The van der Waals surface area contributed by atoms with E-state index >= 15 is 0 Å². The van der Waals surface area contributed by atoms with Crippen LogP contribution in [0.5, 0.6) is 11.5 Å². The minimum absolute atomic E-state index is 0.0463. The standard InChI is InChI=1S/C19H28N2O4/c1-6-21(13-18(22)20-14(3)4)19(23)11-9-15-8-10-16(24-5)17(12-15)25-7-2/h8-12,14H,6-7,13H2,1-5H3,(H,20,22)/b11-9+. The Labute approximate surface area is 149 Å². The molecule has 6 heteroatoms. The molecule has 0 saturated heterocycles. The van der Waals surface area contributed by atoms with Crippen LogP contribution in [0.4, 0.5) is 0 Å². The van der Waals surface area contributed by atoms with Gasteiger partial charge in [0.2, 0.25) is 11.8 Å². The molecule has 0 saturated carbocycles. The number of likely N-dealkylation sites (N-methyl/N-ethyl adjacent to an activating group) is 1. The summed E-state index contributed by atoms with van der Waals surface area (Å²) in [5.41, 5.74) is 0.820. The van der Waals surface area contributed by atoms with E-state index in [1.807, 2.05) is 39.8 Å². The van der Waals surface area contributed by atoms with Crippen molar-refractivity contribution in [3.63, 3.8) is 0 Å². The van der Waals surface area contributed by atoms with Crippen LogP contribution in [-0.2, 0) is 9.59 Å². The predicted molar refractivity (Wildman–Crippen MR) is 98.7 cm³/mol. The Morgan fingerprint density at radius 1 is 1.24 bits per heavy atom. The molecule has 1 N–H and O–H groups in total. The van der Waals surface area contributed by atoms with E-state index in [0.29, 0.717) is 24.7 Å². The first kappa shape index (κ1) is 20.5. The van der Waals surface area contributed by atoms with E-state index < -0.39 is 0 Å². The second-order valence-electron chi connectivity index (χ2n) is 5.75. The summed E-state index contributed by atoms with van der Waals surface area (Å²) < 4.78 is 10.8. The molecule has 1 aromatic carbocycles. The van der Waals surface area contributed by atoms with Gasteiger partial charge in [-0.15, -0.1) is 0 Å². The summed E-state index contributed by atoms with van der Waals surface area (Å²) in [7, 11) is 1.58. The van der Waals surface area contributed by atoms with Gasteiger partial charge in [-0.25, -0.2) is 0 Å². The van der Waals surface area contributed by atoms with Crippen LogP contribution in [0.1, 0.15) is 33.3 Å². The summed E-state index contributed by atoms with van der Waals surface area (Å²) in [6.45, 7) is 8.54. The van der Waals surface area contributed by atoms with Crippen LogP contribution < -0.4 is 14.8 Å². The fourth-order valence-corrected chi connectivity index (χ4v) is 2.22. The Balaban J connectivity index is 2.79. The molecule has 0 radical (unpaired) electrons. The van der Waals surface area contributed by atoms with Crippen molar-refractivity contribution in [3.8, 4) is 11.5 Å². The maximum absolute atomic E-state index is 12.3. The predicted octanol–water partition coefficient (Wildman–Crippen LogP) is 2.48. The average Bonchev–Trinajstić information content (AvgIpc) is 2.57. The molecule has 6 nitrogen and oxygen atoms in total. The number of hydrogen-bond acceptors (Lipinski definition) is 4. The molecule has 0 aromatic heterocycles. The first-order valence-corrected chi connectivity index (χ1v) is 8.48. The Kier molecular flexibility index (Phi) is 8.53. The summed E-state index contributed by atoms with van der Waals surface area (Å²) in [6, 6.07) is 5.50. The van der Waals surface area contributed by atoms with Gasteiger partial charge in [-0.3, -0.25) is 9.59 Å². The molecule has 0 bridgehead atoms. The molecule has 0 fully saturated rings. The van der Waals surface area contributed by atoms with Crippen molar-refractivity contribution in [2.45, 2.75) is 33.7 Å². The normalized spacial score (nSPS) is 10.8. The molecular formula is C19H28N2O4. The Morgan fingerprint density at radius 2 is 1.96 bits per heavy atom. The Bertz CT molecular complexity index is 611. The number of ether oxygens (including phenoxy) is 2. The number of rotatable bonds is 9. The zero-order valence-electron chi connectivity index (χ0n) is 15.7. The zero-order valence-corrected chi connectivity index (χ0v) is 15.7. The van der Waals surface area contributed by atoms with E-state index in [1.165, 1.54) is 11.0 Å². The van der Waals surface area contributed by atoms with Crippen molar-refractivity contribution in [2.75, 3.05) is 26.8 Å². The summed E-state index contributed by atoms with van der Waals surface area (Å²) in [6.07, 6.45) is 3.16. The monoisotopic (exact) mass is 348 g/mol. The third-order valence-corrected chi connectivity index (χ3v) is 3.38. The Hall–Kier alpha value is -2.50. The number of methoxy groups -OCH3 is 1. The van der Waals surface area contributed by atoms with Crippen LogP contribution in [0.15, 0.2) is 24.3 Å². The molecule has 0 aliphatic rings. The van der Waals surface area contributed by atoms with Gasteiger partial charge < -0.3 is 19.7 Å². The number of nitrogens with one attached hydrogen (secondary N) is 1. The first-order chi connectivity index (χ1) is 11.9. The molecule has 0 heterocycles. The lowest BCUT2D eigenvalue weighted by molar-refractivity contribution is -0.132. The second-order valence-corrected chi connectivity index (χ2v) is 5.75. The third kappa shape index (κ3) is 6.87. The molecule has 0 spiro atoms. The van der Waals surface area contributed by atoms with Crippen molar-refractivity contribution in [3.05, 3.63) is 29.8 Å². The van der Waals surface area contributed by atoms with Crippen LogP contribution in [0.2, 0.25) is 0 Å². The number of amides is 2. The smallest absolute Gasteiger partial charge is 0.247 e. The highest BCUT2D eigenvalue weighted by molar-refractivity contribution is 5.94. The number of hydrogen-bond donors (Lipinski definition) is 1. The van der Waals surface area contributed by atoms with Gasteiger partial charge in [-0.05, 0) is 51.5 Å². The minimum atomic E-state index is -0.213. The molecule has 0 aliphatic carbocycles. The Morgan fingerprint density at radius 3 is 2.52 bits per heavy atom. The van der Waals surface area contributed by atoms with Crippen molar-refractivity contribution < 1.29 is 19.1 Å². The van der Waals surface area contributed by atoms with Crippen molar-refractivity contribution >= 4 is 17.9 Å². The summed E-state index contributed by atoms with van der Waals surface area (Å²) >= 11 is 0. The number of carbonyl (C=O) groups excluding carboxylic acids is 2. The topological polar surface area (TPSA) is 67.9 Å². The van der Waals surface area contributed by atoms with Gasteiger partial charge in [-0.2, -0.15) is 0 Å². The summed E-state index contributed by atoms with van der Waals surface area (Å²) in [4.78, 5) is 25.6. The van der Waals surface area contributed by atoms with Gasteiger partial charge in [0.15, 0.2) is 11.5 Å². The van der Waals surface area contributed by atoms with E-state index in [4.69, 9.17) is 9.47 Å². The van der Waals surface area contributed by atoms with Crippen molar-refractivity contribution in [2.24, 2.45) is 0 Å². The van der Waals surface area contributed by atoms with Gasteiger partial charge in [0.25, 0.3) is 0 Å². The second kappa shape index (κ2) is 10.4. The van der Waals surface area contributed by atoms with Crippen LogP contribution >= 0.6 is 0 Å². The molecule has 0 atom stereocenters. The van der Waals surface area contributed by atoms with E-state index in [-0.39, 0.29) is 24.4 Å². The third-order valence-electron chi connectivity index (χ3n) is 3.38. The SMILES string of the molecule is CCOc1cc(/C=C/C(=O)N(CC)CC(=O)NC(C)C)ccc1OC. The number of nitrogens with zero attached hydrogens (tertiary/aromatic N) is 1. The minimum Gasteiger partial charge on any atom is -0.493 e. The van der Waals surface area contributed by atoms with E-state index in [2.05, 4.69) is 5.32 Å². The van der Waals surface area contributed by atoms with E-state index in [0.717, 1.165) is 5.56 Å². The molecule has 0 unspecified atom stereocenters. The number of benzene rings is 1. The molecule has 2 amide bonds. The molecular weight excluding hydrogens is 320 g/mol. The molecule has 138 valence electrons. The lowest BCUT2D eigenvalue weighted by Gasteiger charge is -2.19. The van der Waals surface area contributed by atoms with E-state index in [9.17, 15) is 9.59 Å². The van der Waals surface area contributed by atoms with Gasteiger partial charge in [0.1, 0.15) is 0 Å². The van der Waals surface area contributed by atoms with Crippen LogP contribution in [0, 0.1) is 0 Å². The van der Waals surface area contributed by atoms with Gasteiger partial charge in [-0.1, -0.05) is 6.07 Å². The highest BCUT2D eigenvalue weighted by atomic mass is 16.5. The highest BCUT2D eigenvalue weighted by Gasteiger charge is 2.13. The van der Waals surface area contributed by atoms with Crippen molar-refractivity contribution in [1.29, 1.82) is 0 Å². The lowest BCUT2D eigenvalue weighted by Crippen LogP contribution is -2.42. The molecule has 1 rings (SSSR count). The van der Waals surface area contributed by atoms with Crippen LogP contribution in [0.25, 0.3) is 6.08 Å². The van der Waals surface area contributed by atoms with Gasteiger partial charge >= 0.3 is 0 Å². The van der Waals surface area contributed by atoms with E-state index in [1.54, 1.807) is 19.3 Å². The largest absolute Gasteiger partial charge is 0.493 e. The fraction of sp³-hybridized carbons (Fsp3) is 0.474. The zero-order chi connectivity index (χ0) is 18.8. The molecule has 1 aromatic rings. The fourth-order valence-electron chi connectivity index (χ4n) is 2.22. The van der Waals surface area contributed by atoms with Gasteiger partial charge in [0.05, 0.1) is 20.3 Å². The molecule has 25 heavy (non-hydrogen) atoms. The number of carbonyl (C=O) groups is 2. The molecule has 0 aliphatic heterocycles. The maximum Gasteiger partial charge on any atom is 0.247 e. The first-order valence-electron chi connectivity index (χ1n) is 8.48. The lowest BCUT2D eigenvalue weighted by atomic mass is 10.2. The van der Waals surface area contributed by atoms with Gasteiger partial charge in [0, 0.05) is 18.7 Å². The summed E-state index contributed by atoms with van der Waals surface area (Å²) in [5.74, 6) is 0.894.